The number of piperidine rings is 2. The Labute approximate surface area is 189 Å². The van der Waals surface area contributed by atoms with Crippen LogP contribution in [0.1, 0.15) is 48.2 Å². The van der Waals surface area contributed by atoms with E-state index in [1.54, 1.807) is 0 Å². The molecule has 0 radical (unpaired) electrons. The third kappa shape index (κ3) is 3.47. The van der Waals surface area contributed by atoms with Crippen LogP contribution in [0.5, 0.6) is 0 Å². The normalized spacial score (nSPS) is 21.5. The van der Waals surface area contributed by atoms with Crippen molar-refractivity contribution in [2.24, 2.45) is 0 Å². The Morgan fingerprint density at radius 3 is 2.59 bits per heavy atom. The van der Waals surface area contributed by atoms with Gasteiger partial charge in [0.25, 0.3) is 0 Å². The van der Waals surface area contributed by atoms with Crippen molar-refractivity contribution in [3.63, 3.8) is 0 Å². The van der Waals surface area contributed by atoms with Crippen molar-refractivity contribution in [1.29, 1.82) is 5.26 Å². The smallest absolute Gasteiger partial charge is 0.157 e. The van der Waals surface area contributed by atoms with Crippen molar-refractivity contribution < 1.29 is 0 Å². The second-order valence-corrected chi connectivity index (χ2v) is 9.34. The predicted molar refractivity (Wildman–Crippen MR) is 129 cm³/mol. The summed E-state index contributed by atoms with van der Waals surface area (Å²) in [4.78, 5) is 5.09. The van der Waals surface area contributed by atoms with Crippen LogP contribution >= 0.6 is 0 Å². The molecule has 3 fully saturated rings. The lowest BCUT2D eigenvalue weighted by Crippen LogP contribution is -2.61. The van der Waals surface area contributed by atoms with Crippen molar-refractivity contribution in [3.8, 4) is 6.07 Å². The highest BCUT2D eigenvalue weighted by Gasteiger charge is 2.37. The minimum atomic E-state index is 0.00631. The number of nitrogens with zero attached hydrogens (tertiary/aromatic N) is 5. The van der Waals surface area contributed by atoms with Gasteiger partial charge in [-0.15, -0.1) is 5.10 Å². The standard InChI is InChI=1S/C26H30N6/c1-16-19(13-27)6-5-7-23(16)17(2)28-26-25-12-20(10-11-24(25)18(3)29-30-26)32-15-21-8-9-22(32)14-31(21)4/h5-7,10-12,17,21-22H,8-9,14-15H2,1-4H3,(H,28,30)/t17-,21-,22-/m1/s1. The van der Waals surface area contributed by atoms with Crippen molar-refractivity contribution >= 4 is 22.3 Å². The molecule has 4 heterocycles. The van der Waals surface area contributed by atoms with E-state index in [2.05, 4.69) is 69.6 Å². The number of fused-ring (bicyclic) bond motifs is 4. The minimum Gasteiger partial charge on any atom is -0.366 e. The number of likely N-dealkylation sites (N-methyl/N-ethyl adjacent to an activating group) is 1. The molecule has 1 N–H and O–H groups in total. The molecular formula is C26H30N6. The summed E-state index contributed by atoms with van der Waals surface area (Å²) >= 11 is 0. The first kappa shape index (κ1) is 20.7. The summed E-state index contributed by atoms with van der Waals surface area (Å²) in [5.41, 5.74) is 5.03. The summed E-state index contributed by atoms with van der Waals surface area (Å²) in [7, 11) is 2.25. The van der Waals surface area contributed by atoms with Gasteiger partial charge in [0, 0.05) is 41.6 Å². The summed E-state index contributed by atoms with van der Waals surface area (Å²) in [6.45, 7) is 8.35. The van der Waals surface area contributed by atoms with Crippen molar-refractivity contribution in [2.45, 2.75) is 51.7 Å². The zero-order valence-electron chi connectivity index (χ0n) is 19.3. The predicted octanol–water partition coefficient (Wildman–Crippen LogP) is 4.57. The van der Waals surface area contributed by atoms with E-state index < -0.39 is 0 Å². The van der Waals surface area contributed by atoms with Crippen LogP contribution in [0.4, 0.5) is 11.5 Å². The fraction of sp³-hybridized carbons (Fsp3) is 0.423. The van der Waals surface area contributed by atoms with Gasteiger partial charge < -0.3 is 10.2 Å². The van der Waals surface area contributed by atoms with Gasteiger partial charge in [0.05, 0.1) is 23.4 Å². The summed E-state index contributed by atoms with van der Waals surface area (Å²) < 4.78 is 0. The highest BCUT2D eigenvalue weighted by molar-refractivity contribution is 5.95. The summed E-state index contributed by atoms with van der Waals surface area (Å²) in [5.74, 6) is 0.793. The van der Waals surface area contributed by atoms with E-state index in [4.69, 9.17) is 0 Å². The molecule has 3 aromatic rings. The van der Waals surface area contributed by atoms with Crippen LogP contribution in [0.15, 0.2) is 36.4 Å². The molecule has 32 heavy (non-hydrogen) atoms. The van der Waals surface area contributed by atoms with Gasteiger partial charge in [0.1, 0.15) is 0 Å². The third-order valence-electron chi connectivity index (χ3n) is 7.40. The first-order valence-corrected chi connectivity index (χ1v) is 11.5. The molecule has 3 aliphatic heterocycles. The van der Waals surface area contributed by atoms with E-state index in [1.165, 1.54) is 18.5 Å². The van der Waals surface area contributed by atoms with Crippen LogP contribution in [-0.2, 0) is 0 Å². The minimum absolute atomic E-state index is 0.00631. The Morgan fingerprint density at radius 2 is 1.88 bits per heavy atom. The fourth-order valence-corrected chi connectivity index (χ4v) is 5.44. The van der Waals surface area contributed by atoms with E-state index in [1.807, 2.05) is 26.0 Å². The molecule has 2 aromatic carbocycles. The highest BCUT2D eigenvalue weighted by atomic mass is 15.3. The number of nitrogens with one attached hydrogen (secondary N) is 1. The SMILES string of the molecule is Cc1c(C#N)cccc1[C@@H](C)Nc1nnc(C)c2ccc(N3C[C@H]4CC[C@@H]3CN4C)cc12. The van der Waals surface area contributed by atoms with Gasteiger partial charge in [-0.1, -0.05) is 18.2 Å². The zero-order valence-corrected chi connectivity index (χ0v) is 19.3. The summed E-state index contributed by atoms with van der Waals surface area (Å²) in [5, 5.41) is 24.2. The molecule has 3 aliphatic rings. The lowest BCUT2D eigenvalue weighted by molar-refractivity contribution is 0.125. The molecule has 6 heteroatoms. The molecule has 0 amide bonds. The molecule has 0 unspecified atom stereocenters. The van der Waals surface area contributed by atoms with Crippen LogP contribution in [0, 0.1) is 25.2 Å². The Morgan fingerprint density at radius 1 is 1.06 bits per heavy atom. The average Bonchev–Trinajstić information content (AvgIpc) is 2.81. The number of hydrogen-bond acceptors (Lipinski definition) is 6. The number of piperazine rings is 1. The van der Waals surface area contributed by atoms with E-state index in [9.17, 15) is 5.26 Å². The summed E-state index contributed by atoms with van der Waals surface area (Å²) in [6, 6.07) is 16.1. The van der Waals surface area contributed by atoms with Crippen LogP contribution in [0.3, 0.4) is 0 Å². The molecule has 0 aliphatic carbocycles. The number of benzene rings is 2. The fourth-order valence-electron chi connectivity index (χ4n) is 5.44. The zero-order chi connectivity index (χ0) is 22.4. The monoisotopic (exact) mass is 426 g/mol. The third-order valence-corrected chi connectivity index (χ3v) is 7.40. The van der Waals surface area contributed by atoms with Crippen molar-refractivity contribution in [3.05, 3.63) is 58.8 Å². The molecule has 0 saturated carbocycles. The van der Waals surface area contributed by atoms with Gasteiger partial charge in [-0.3, -0.25) is 4.90 Å². The van der Waals surface area contributed by atoms with E-state index in [0.29, 0.717) is 17.6 Å². The Balaban J connectivity index is 1.51. The lowest BCUT2D eigenvalue weighted by Gasteiger charge is -2.51. The largest absolute Gasteiger partial charge is 0.366 e. The topological polar surface area (TPSA) is 68.1 Å². The van der Waals surface area contributed by atoms with E-state index >= 15 is 0 Å². The molecule has 6 nitrogen and oxygen atoms in total. The van der Waals surface area contributed by atoms with E-state index in [0.717, 1.165) is 46.5 Å². The number of aromatic nitrogens is 2. The van der Waals surface area contributed by atoms with Gasteiger partial charge in [-0.25, -0.2) is 0 Å². The first-order chi connectivity index (χ1) is 15.5. The quantitative estimate of drug-likeness (QED) is 0.659. The molecule has 3 atom stereocenters. The molecule has 3 saturated heterocycles. The second-order valence-electron chi connectivity index (χ2n) is 9.34. The Kier molecular flexibility index (Phi) is 5.22. The molecule has 0 spiro atoms. The van der Waals surface area contributed by atoms with Gasteiger partial charge in [0.15, 0.2) is 5.82 Å². The maximum atomic E-state index is 9.40. The molecule has 1 aromatic heterocycles. The van der Waals surface area contributed by atoms with Crippen LogP contribution < -0.4 is 10.2 Å². The molecular weight excluding hydrogens is 396 g/mol. The molecule has 6 rings (SSSR count). The highest BCUT2D eigenvalue weighted by Crippen LogP contribution is 2.35. The van der Waals surface area contributed by atoms with Crippen LogP contribution in [0.2, 0.25) is 0 Å². The van der Waals surface area contributed by atoms with Gasteiger partial charge in [0.2, 0.25) is 0 Å². The number of rotatable bonds is 4. The maximum absolute atomic E-state index is 9.40. The van der Waals surface area contributed by atoms with Crippen LogP contribution in [0.25, 0.3) is 10.8 Å². The lowest BCUT2D eigenvalue weighted by atomic mass is 9.90. The van der Waals surface area contributed by atoms with Crippen molar-refractivity contribution in [2.75, 3.05) is 30.4 Å². The first-order valence-electron chi connectivity index (χ1n) is 11.5. The second kappa shape index (κ2) is 8.07. The number of nitriles is 1. The van der Waals surface area contributed by atoms with Crippen LogP contribution in [-0.4, -0.2) is 47.3 Å². The molecule has 2 bridgehead atoms. The summed E-state index contributed by atoms with van der Waals surface area (Å²) in [6.07, 6.45) is 2.55. The number of anilines is 2. The van der Waals surface area contributed by atoms with Gasteiger partial charge >= 0.3 is 0 Å². The molecule has 164 valence electrons. The average molecular weight is 427 g/mol. The number of hydrogen-bond donors (Lipinski definition) is 1. The van der Waals surface area contributed by atoms with Gasteiger partial charge in [-0.2, -0.15) is 10.4 Å². The Bertz CT molecular complexity index is 1210. The Hall–Kier alpha value is -3.17. The maximum Gasteiger partial charge on any atom is 0.157 e. The number of aryl methyl sites for hydroxylation is 1. The van der Waals surface area contributed by atoms with Crippen molar-refractivity contribution in [1.82, 2.24) is 15.1 Å². The van der Waals surface area contributed by atoms with E-state index in [-0.39, 0.29) is 6.04 Å². The van der Waals surface area contributed by atoms with Gasteiger partial charge in [-0.05, 0) is 70.0 Å².